The number of carbonyl (C=O) groups is 1. The highest BCUT2D eigenvalue weighted by molar-refractivity contribution is 5.83. The minimum atomic E-state index is -0.605. The summed E-state index contributed by atoms with van der Waals surface area (Å²) < 4.78 is 19.6. The fourth-order valence-corrected chi connectivity index (χ4v) is 2.59. The number of benzene rings is 2. The van der Waals surface area contributed by atoms with Gasteiger partial charge in [-0.05, 0) is 18.2 Å². The number of hydrogen-bond donors (Lipinski definition) is 1. The Hall–Kier alpha value is -2.56. The van der Waals surface area contributed by atoms with Crippen molar-refractivity contribution in [3.05, 3.63) is 59.9 Å². The van der Waals surface area contributed by atoms with Crippen molar-refractivity contribution < 1.29 is 13.9 Å². The van der Waals surface area contributed by atoms with Crippen LogP contribution in [0.25, 0.3) is 0 Å². The van der Waals surface area contributed by atoms with Crippen LogP contribution in [0.4, 0.5) is 10.1 Å². The molecule has 1 aliphatic heterocycles. The van der Waals surface area contributed by atoms with Gasteiger partial charge in [0.15, 0.2) is 6.10 Å². The Morgan fingerprint density at radius 3 is 2.77 bits per heavy atom. The highest BCUT2D eigenvalue weighted by atomic mass is 19.1. The molecule has 1 heterocycles. The molecule has 1 atom stereocenters. The summed E-state index contributed by atoms with van der Waals surface area (Å²) in [5.41, 5.74) is 1.46. The molecule has 0 saturated heterocycles. The molecule has 22 heavy (non-hydrogen) atoms. The molecule has 5 heteroatoms. The van der Waals surface area contributed by atoms with Crippen LogP contribution < -0.4 is 15.0 Å². The van der Waals surface area contributed by atoms with Gasteiger partial charge in [0.1, 0.15) is 11.6 Å². The van der Waals surface area contributed by atoms with E-state index in [-0.39, 0.29) is 11.7 Å². The van der Waals surface area contributed by atoms with Crippen LogP contribution in [0.1, 0.15) is 5.56 Å². The number of anilines is 1. The molecule has 0 aromatic heterocycles. The van der Waals surface area contributed by atoms with Gasteiger partial charge in [0.25, 0.3) is 5.91 Å². The Balaban J connectivity index is 1.92. The van der Waals surface area contributed by atoms with Crippen molar-refractivity contribution >= 4 is 11.6 Å². The minimum absolute atomic E-state index is 0.187. The highest BCUT2D eigenvalue weighted by Crippen LogP contribution is 2.34. The Labute approximate surface area is 128 Å². The maximum Gasteiger partial charge on any atom is 0.262 e. The van der Waals surface area contributed by atoms with E-state index in [2.05, 4.69) is 5.32 Å². The second kappa shape index (κ2) is 6.05. The lowest BCUT2D eigenvalue weighted by Crippen LogP contribution is -2.48. The van der Waals surface area contributed by atoms with Gasteiger partial charge in [0.2, 0.25) is 0 Å². The van der Waals surface area contributed by atoms with Crippen molar-refractivity contribution in [2.45, 2.75) is 12.6 Å². The molecular weight excluding hydrogens is 283 g/mol. The van der Waals surface area contributed by atoms with Crippen molar-refractivity contribution in [3.8, 4) is 5.75 Å². The molecule has 114 valence electrons. The molecule has 1 aliphatic rings. The van der Waals surface area contributed by atoms with E-state index in [1.807, 2.05) is 29.2 Å². The molecule has 0 saturated carbocycles. The third-order valence-corrected chi connectivity index (χ3v) is 3.72. The van der Waals surface area contributed by atoms with Gasteiger partial charge in [0, 0.05) is 19.2 Å². The molecule has 0 fully saturated rings. The molecule has 0 bridgehead atoms. The van der Waals surface area contributed by atoms with Crippen LogP contribution in [-0.2, 0) is 11.3 Å². The van der Waals surface area contributed by atoms with Crippen molar-refractivity contribution in [2.24, 2.45) is 0 Å². The lowest BCUT2D eigenvalue weighted by Gasteiger charge is -2.35. The maximum atomic E-state index is 13.9. The normalized spacial score (nSPS) is 16.6. The first-order valence-corrected chi connectivity index (χ1v) is 7.14. The first-order chi connectivity index (χ1) is 10.7. The molecule has 1 N–H and O–H groups in total. The molecule has 1 amide bonds. The zero-order valence-corrected chi connectivity index (χ0v) is 12.3. The van der Waals surface area contributed by atoms with Gasteiger partial charge in [-0.15, -0.1) is 0 Å². The van der Waals surface area contributed by atoms with Crippen LogP contribution in [0.5, 0.6) is 5.75 Å². The summed E-state index contributed by atoms with van der Waals surface area (Å²) >= 11 is 0. The number of nitrogens with one attached hydrogen (secondary N) is 1. The Bertz CT molecular complexity index is 690. The standard InChI is InChI=1S/C17H17FN2O2/c1-19-17(21)16-11-20(10-12-6-2-3-7-13(12)18)14-8-4-5-9-15(14)22-16/h2-9,16H,10-11H2,1H3,(H,19,21). The average Bonchev–Trinajstić information content (AvgIpc) is 2.56. The fourth-order valence-electron chi connectivity index (χ4n) is 2.59. The number of ether oxygens (including phenoxy) is 1. The molecule has 1 unspecified atom stereocenters. The number of hydrogen-bond acceptors (Lipinski definition) is 3. The summed E-state index contributed by atoms with van der Waals surface area (Å²) in [5.74, 6) is 0.203. The van der Waals surface area contributed by atoms with Gasteiger partial charge in [-0.25, -0.2) is 4.39 Å². The summed E-state index contributed by atoms with van der Waals surface area (Å²) in [4.78, 5) is 13.9. The predicted octanol–water partition coefficient (Wildman–Crippen LogP) is 2.34. The third kappa shape index (κ3) is 2.74. The summed E-state index contributed by atoms with van der Waals surface area (Å²) in [6, 6.07) is 14.2. The topological polar surface area (TPSA) is 41.6 Å². The highest BCUT2D eigenvalue weighted by Gasteiger charge is 2.30. The number of likely N-dealkylation sites (N-methyl/N-ethyl adjacent to an activating group) is 1. The third-order valence-electron chi connectivity index (χ3n) is 3.72. The number of carbonyl (C=O) groups excluding carboxylic acids is 1. The van der Waals surface area contributed by atoms with Crippen molar-refractivity contribution in [1.29, 1.82) is 0 Å². The van der Waals surface area contributed by atoms with E-state index >= 15 is 0 Å². The van der Waals surface area contributed by atoms with Gasteiger partial charge in [-0.3, -0.25) is 4.79 Å². The predicted molar refractivity (Wildman–Crippen MR) is 82.4 cm³/mol. The second-order valence-electron chi connectivity index (χ2n) is 5.16. The number of para-hydroxylation sites is 2. The van der Waals surface area contributed by atoms with Crippen LogP contribution in [0.15, 0.2) is 48.5 Å². The SMILES string of the molecule is CNC(=O)C1CN(Cc2ccccc2F)c2ccccc2O1. The molecule has 0 radical (unpaired) electrons. The number of fused-ring (bicyclic) bond motifs is 1. The Morgan fingerprint density at radius 1 is 1.27 bits per heavy atom. The largest absolute Gasteiger partial charge is 0.477 e. The first-order valence-electron chi connectivity index (χ1n) is 7.14. The van der Waals surface area contributed by atoms with Crippen LogP contribution in [0, 0.1) is 5.82 Å². The van der Waals surface area contributed by atoms with Gasteiger partial charge in [0.05, 0.1) is 12.2 Å². The van der Waals surface area contributed by atoms with Crippen LogP contribution in [0.2, 0.25) is 0 Å². The monoisotopic (exact) mass is 300 g/mol. The molecule has 4 nitrogen and oxygen atoms in total. The van der Waals surface area contributed by atoms with E-state index in [1.165, 1.54) is 6.07 Å². The van der Waals surface area contributed by atoms with E-state index < -0.39 is 6.10 Å². The molecule has 2 aromatic carbocycles. The van der Waals surface area contributed by atoms with E-state index in [1.54, 1.807) is 25.2 Å². The van der Waals surface area contributed by atoms with E-state index in [9.17, 15) is 9.18 Å². The van der Waals surface area contributed by atoms with Gasteiger partial charge in [-0.2, -0.15) is 0 Å². The quantitative estimate of drug-likeness (QED) is 0.946. The van der Waals surface area contributed by atoms with Gasteiger partial charge < -0.3 is 15.0 Å². The molecule has 0 aliphatic carbocycles. The number of amides is 1. The molecular formula is C17H17FN2O2. The summed E-state index contributed by atoms with van der Waals surface area (Å²) in [6.07, 6.45) is -0.605. The van der Waals surface area contributed by atoms with Gasteiger partial charge >= 0.3 is 0 Å². The first kappa shape index (κ1) is 14.4. The zero-order valence-electron chi connectivity index (χ0n) is 12.3. The van der Waals surface area contributed by atoms with E-state index in [0.29, 0.717) is 24.4 Å². The zero-order chi connectivity index (χ0) is 15.5. The number of halogens is 1. The number of rotatable bonds is 3. The van der Waals surface area contributed by atoms with Crippen molar-refractivity contribution in [2.75, 3.05) is 18.5 Å². The van der Waals surface area contributed by atoms with E-state index in [0.717, 1.165) is 5.69 Å². The minimum Gasteiger partial charge on any atom is -0.477 e. The molecule has 2 aromatic rings. The van der Waals surface area contributed by atoms with Crippen molar-refractivity contribution in [3.63, 3.8) is 0 Å². The second-order valence-corrected chi connectivity index (χ2v) is 5.16. The molecule has 0 spiro atoms. The van der Waals surface area contributed by atoms with Crippen LogP contribution in [-0.4, -0.2) is 25.6 Å². The Morgan fingerprint density at radius 2 is 2.00 bits per heavy atom. The average molecular weight is 300 g/mol. The van der Waals surface area contributed by atoms with Gasteiger partial charge in [-0.1, -0.05) is 30.3 Å². The number of nitrogens with zero attached hydrogens (tertiary/aromatic N) is 1. The van der Waals surface area contributed by atoms with Crippen LogP contribution in [0.3, 0.4) is 0 Å². The summed E-state index contributed by atoms with van der Waals surface area (Å²) in [5, 5.41) is 2.60. The van der Waals surface area contributed by atoms with E-state index in [4.69, 9.17) is 4.74 Å². The summed E-state index contributed by atoms with van der Waals surface area (Å²) in [7, 11) is 1.58. The summed E-state index contributed by atoms with van der Waals surface area (Å²) in [6.45, 7) is 0.769. The smallest absolute Gasteiger partial charge is 0.262 e. The lowest BCUT2D eigenvalue weighted by molar-refractivity contribution is -0.127. The molecule has 3 rings (SSSR count). The van der Waals surface area contributed by atoms with Crippen molar-refractivity contribution in [1.82, 2.24) is 5.32 Å². The maximum absolute atomic E-state index is 13.9. The van der Waals surface area contributed by atoms with Crippen LogP contribution >= 0.6 is 0 Å². The fraction of sp³-hybridized carbons (Fsp3) is 0.235. The Kier molecular flexibility index (Phi) is 3.96. The lowest BCUT2D eigenvalue weighted by atomic mass is 10.1.